The van der Waals surface area contributed by atoms with E-state index in [1.54, 1.807) is 20.6 Å². The smallest absolute Gasteiger partial charge is 0.164 e. The second-order valence-corrected chi connectivity index (χ2v) is 4.13. The molecular weight excluding hydrogens is 244 g/mol. The summed E-state index contributed by atoms with van der Waals surface area (Å²) in [4.78, 5) is 14.6. The molecule has 2 rings (SSSR count). The Hall–Kier alpha value is -2.37. The molecule has 0 N–H and O–H groups in total. The number of benzene rings is 1. The molecule has 6 heteroatoms. The molecule has 19 heavy (non-hydrogen) atoms. The highest BCUT2D eigenvalue weighted by atomic mass is 16.5. The van der Waals surface area contributed by atoms with Gasteiger partial charge in [-0.05, 0) is 6.07 Å². The third-order valence-corrected chi connectivity index (χ3v) is 2.53. The van der Waals surface area contributed by atoms with Crippen molar-refractivity contribution in [2.75, 3.05) is 28.3 Å². The molecule has 0 aliphatic carbocycles. The second-order valence-electron chi connectivity index (χ2n) is 4.13. The van der Waals surface area contributed by atoms with Crippen LogP contribution in [0.3, 0.4) is 0 Å². The Labute approximate surface area is 111 Å². The molecule has 0 atom stereocenters. The minimum Gasteiger partial charge on any atom is -0.493 e. The van der Waals surface area contributed by atoms with Crippen molar-refractivity contribution >= 4 is 23.1 Å². The number of hydrogen-bond donors (Lipinski definition) is 0. The molecule has 1 heterocycles. The van der Waals surface area contributed by atoms with Crippen molar-refractivity contribution in [1.29, 1.82) is 0 Å². The van der Waals surface area contributed by atoms with E-state index in [9.17, 15) is 0 Å². The molecule has 6 nitrogen and oxygen atoms in total. The van der Waals surface area contributed by atoms with E-state index in [0.717, 1.165) is 10.9 Å². The highest BCUT2D eigenvalue weighted by molar-refractivity contribution is 5.91. The summed E-state index contributed by atoms with van der Waals surface area (Å²) < 4.78 is 10.5. The summed E-state index contributed by atoms with van der Waals surface area (Å²) in [6.45, 7) is 0. The van der Waals surface area contributed by atoms with Gasteiger partial charge in [0.05, 0.1) is 26.1 Å². The zero-order valence-corrected chi connectivity index (χ0v) is 11.4. The molecule has 100 valence electrons. The SMILES string of the molecule is COc1cc2ncnc(N=CN(C)C)c2cc1OC. The first kappa shape index (κ1) is 13.1. The number of methoxy groups -OCH3 is 2. The molecule has 0 aliphatic rings. The van der Waals surface area contributed by atoms with Gasteiger partial charge in [-0.25, -0.2) is 15.0 Å². The Balaban J connectivity index is 2.60. The Bertz CT molecular complexity index is 611. The van der Waals surface area contributed by atoms with Crippen LogP contribution in [0.1, 0.15) is 0 Å². The van der Waals surface area contributed by atoms with Crippen LogP contribution in [-0.2, 0) is 0 Å². The van der Waals surface area contributed by atoms with Gasteiger partial charge in [-0.2, -0.15) is 0 Å². The zero-order chi connectivity index (χ0) is 13.8. The predicted octanol–water partition coefficient (Wildman–Crippen LogP) is 1.87. The second kappa shape index (κ2) is 5.51. The molecule has 0 unspecified atom stereocenters. The van der Waals surface area contributed by atoms with Crippen LogP contribution in [-0.4, -0.2) is 49.5 Å². The lowest BCUT2D eigenvalue weighted by Gasteiger charge is -2.09. The summed E-state index contributed by atoms with van der Waals surface area (Å²) >= 11 is 0. The maximum absolute atomic E-state index is 5.28. The Morgan fingerprint density at radius 1 is 1.11 bits per heavy atom. The van der Waals surface area contributed by atoms with Gasteiger partial charge in [0.15, 0.2) is 17.3 Å². The summed E-state index contributed by atoms with van der Waals surface area (Å²) in [5.74, 6) is 1.86. The predicted molar refractivity (Wildman–Crippen MR) is 74.5 cm³/mol. The highest BCUT2D eigenvalue weighted by Gasteiger charge is 2.10. The molecular formula is C13H16N4O2. The van der Waals surface area contributed by atoms with E-state index in [1.165, 1.54) is 6.33 Å². The van der Waals surface area contributed by atoms with Crippen LogP contribution in [0.4, 0.5) is 5.82 Å². The number of aromatic nitrogens is 2. The van der Waals surface area contributed by atoms with Crippen molar-refractivity contribution in [3.8, 4) is 11.5 Å². The molecule has 0 radical (unpaired) electrons. The van der Waals surface area contributed by atoms with Gasteiger partial charge in [0.2, 0.25) is 0 Å². The maximum Gasteiger partial charge on any atom is 0.164 e. The summed E-state index contributed by atoms with van der Waals surface area (Å²) in [7, 11) is 6.99. The molecule has 0 saturated carbocycles. The fraction of sp³-hybridized carbons (Fsp3) is 0.308. The number of ether oxygens (including phenoxy) is 2. The monoisotopic (exact) mass is 260 g/mol. The van der Waals surface area contributed by atoms with Gasteiger partial charge in [0, 0.05) is 25.5 Å². The molecule has 0 saturated heterocycles. The van der Waals surface area contributed by atoms with Gasteiger partial charge in [-0.15, -0.1) is 0 Å². The maximum atomic E-state index is 5.28. The highest BCUT2D eigenvalue weighted by Crippen LogP contribution is 2.34. The van der Waals surface area contributed by atoms with Gasteiger partial charge in [-0.1, -0.05) is 0 Å². The molecule has 0 fully saturated rings. The van der Waals surface area contributed by atoms with Gasteiger partial charge < -0.3 is 14.4 Å². The Morgan fingerprint density at radius 2 is 1.79 bits per heavy atom. The van der Waals surface area contributed by atoms with Gasteiger partial charge in [-0.3, -0.25) is 0 Å². The number of aliphatic imine (C=N–C) groups is 1. The van der Waals surface area contributed by atoms with Crippen LogP contribution in [0.25, 0.3) is 10.9 Å². The van der Waals surface area contributed by atoms with Gasteiger partial charge >= 0.3 is 0 Å². The van der Waals surface area contributed by atoms with Crippen molar-refractivity contribution in [1.82, 2.24) is 14.9 Å². The van der Waals surface area contributed by atoms with Crippen molar-refractivity contribution in [3.63, 3.8) is 0 Å². The lowest BCUT2D eigenvalue weighted by Crippen LogP contribution is -2.07. The van der Waals surface area contributed by atoms with Crippen LogP contribution in [0.2, 0.25) is 0 Å². The number of hydrogen-bond acceptors (Lipinski definition) is 5. The number of rotatable bonds is 4. The molecule has 0 spiro atoms. The van der Waals surface area contributed by atoms with E-state index >= 15 is 0 Å². The summed E-state index contributed by atoms with van der Waals surface area (Å²) in [5, 5.41) is 0.818. The third kappa shape index (κ3) is 2.73. The van der Waals surface area contributed by atoms with Crippen LogP contribution in [0.15, 0.2) is 23.5 Å². The van der Waals surface area contributed by atoms with E-state index in [1.807, 2.05) is 31.1 Å². The first-order valence-corrected chi connectivity index (χ1v) is 5.73. The topological polar surface area (TPSA) is 59.8 Å². The molecule has 1 aromatic heterocycles. The van der Waals surface area contributed by atoms with Crippen molar-refractivity contribution in [2.24, 2.45) is 4.99 Å². The minimum absolute atomic E-state index is 0.597. The Kier molecular flexibility index (Phi) is 3.79. The molecule has 0 bridgehead atoms. The van der Waals surface area contributed by atoms with Crippen LogP contribution >= 0.6 is 0 Å². The molecule has 1 aromatic carbocycles. The van der Waals surface area contributed by atoms with E-state index in [-0.39, 0.29) is 0 Å². The van der Waals surface area contributed by atoms with Crippen LogP contribution < -0.4 is 9.47 Å². The zero-order valence-electron chi connectivity index (χ0n) is 11.4. The van der Waals surface area contributed by atoms with E-state index < -0.39 is 0 Å². The van der Waals surface area contributed by atoms with E-state index in [0.29, 0.717) is 17.3 Å². The van der Waals surface area contributed by atoms with E-state index in [4.69, 9.17) is 9.47 Å². The third-order valence-electron chi connectivity index (χ3n) is 2.53. The largest absolute Gasteiger partial charge is 0.493 e. The molecule has 0 aliphatic heterocycles. The lowest BCUT2D eigenvalue weighted by molar-refractivity contribution is 0.356. The first-order valence-electron chi connectivity index (χ1n) is 5.73. The molecule has 0 amide bonds. The number of nitrogens with zero attached hydrogens (tertiary/aromatic N) is 4. The average molecular weight is 260 g/mol. The average Bonchev–Trinajstić information content (AvgIpc) is 2.43. The number of fused-ring (bicyclic) bond motifs is 1. The summed E-state index contributed by atoms with van der Waals surface area (Å²) in [6, 6.07) is 3.64. The van der Waals surface area contributed by atoms with Crippen molar-refractivity contribution in [2.45, 2.75) is 0 Å². The summed E-state index contributed by atoms with van der Waals surface area (Å²) in [6.07, 6.45) is 3.18. The quantitative estimate of drug-likeness (QED) is 0.620. The Morgan fingerprint density at radius 3 is 2.42 bits per heavy atom. The normalized spacial score (nSPS) is 10.9. The van der Waals surface area contributed by atoms with Gasteiger partial charge in [0.25, 0.3) is 0 Å². The fourth-order valence-corrected chi connectivity index (χ4v) is 1.64. The fourth-order valence-electron chi connectivity index (χ4n) is 1.64. The van der Waals surface area contributed by atoms with E-state index in [2.05, 4.69) is 15.0 Å². The van der Waals surface area contributed by atoms with Crippen molar-refractivity contribution < 1.29 is 9.47 Å². The van der Waals surface area contributed by atoms with Gasteiger partial charge in [0.1, 0.15) is 6.33 Å². The summed E-state index contributed by atoms with van der Waals surface area (Å²) in [5.41, 5.74) is 0.763. The van der Waals surface area contributed by atoms with Crippen LogP contribution in [0.5, 0.6) is 11.5 Å². The standard InChI is InChI=1S/C13H16N4O2/c1-17(2)8-16-13-9-5-11(18-3)12(19-4)6-10(9)14-7-15-13/h5-8H,1-4H3. The first-order chi connectivity index (χ1) is 9.15. The minimum atomic E-state index is 0.597. The van der Waals surface area contributed by atoms with Crippen molar-refractivity contribution in [3.05, 3.63) is 18.5 Å². The van der Waals surface area contributed by atoms with Crippen LogP contribution in [0, 0.1) is 0 Å². The lowest BCUT2D eigenvalue weighted by atomic mass is 10.2. The molecule has 2 aromatic rings.